The highest BCUT2D eigenvalue weighted by Gasteiger charge is 2.29. The molecule has 2 aromatic rings. The van der Waals surface area contributed by atoms with Crippen molar-refractivity contribution >= 4 is 29.5 Å². The van der Waals surface area contributed by atoms with Crippen molar-refractivity contribution in [2.24, 2.45) is 0 Å². The molecule has 0 radical (unpaired) electrons. The lowest BCUT2D eigenvalue weighted by Gasteiger charge is -2.17. The van der Waals surface area contributed by atoms with Gasteiger partial charge in [-0.25, -0.2) is 4.98 Å². The summed E-state index contributed by atoms with van der Waals surface area (Å²) in [5.74, 6) is -0.267. The summed E-state index contributed by atoms with van der Waals surface area (Å²) >= 11 is 2.89. The summed E-state index contributed by atoms with van der Waals surface area (Å²) < 4.78 is 6.80. The lowest BCUT2D eigenvalue weighted by atomic mass is 10.2. The SMILES string of the molecule is CCOC(=O)C(CC)Sc1nc2c(c(=O)n1-c1ccccc1)SC(C)C2. The van der Waals surface area contributed by atoms with E-state index in [9.17, 15) is 9.59 Å². The first kappa shape index (κ1) is 19.0. The summed E-state index contributed by atoms with van der Waals surface area (Å²) in [7, 11) is 0. The summed E-state index contributed by atoms with van der Waals surface area (Å²) in [4.78, 5) is 30.9. The molecule has 2 unspecified atom stereocenters. The molecule has 1 aliphatic heterocycles. The Hall–Kier alpha value is -1.73. The van der Waals surface area contributed by atoms with E-state index in [4.69, 9.17) is 9.72 Å². The number of nitrogens with zero attached hydrogens (tertiary/aromatic N) is 2. The number of hydrogen-bond acceptors (Lipinski definition) is 6. The zero-order valence-corrected chi connectivity index (χ0v) is 16.7. The van der Waals surface area contributed by atoms with Crippen LogP contribution in [0.1, 0.15) is 32.9 Å². The summed E-state index contributed by atoms with van der Waals surface area (Å²) in [6.45, 7) is 6.17. The van der Waals surface area contributed by atoms with Crippen LogP contribution in [0.25, 0.3) is 5.69 Å². The van der Waals surface area contributed by atoms with Gasteiger partial charge in [-0.2, -0.15) is 0 Å². The van der Waals surface area contributed by atoms with Gasteiger partial charge in [0.05, 0.1) is 22.9 Å². The molecule has 7 heteroatoms. The maximum absolute atomic E-state index is 13.2. The number of rotatable bonds is 6. The molecule has 0 amide bonds. The first-order valence-corrected chi connectivity index (χ1v) is 10.5. The minimum Gasteiger partial charge on any atom is -0.465 e. The van der Waals surface area contributed by atoms with Gasteiger partial charge in [0.2, 0.25) is 0 Å². The quantitative estimate of drug-likeness (QED) is 0.426. The third-order valence-corrected chi connectivity index (χ3v) is 6.57. The van der Waals surface area contributed by atoms with Crippen molar-refractivity contribution in [1.29, 1.82) is 0 Å². The topological polar surface area (TPSA) is 61.2 Å². The maximum Gasteiger partial charge on any atom is 0.319 e. The van der Waals surface area contributed by atoms with Crippen LogP contribution in [-0.4, -0.2) is 32.6 Å². The Labute approximate surface area is 161 Å². The minimum absolute atomic E-state index is 0.0586. The van der Waals surface area contributed by atoms with Crippen LogP contribution in [0.5, 0.6) is 0 Å². The Morgan fingerprint density at radius 1 is 1.38 bits per heavy atom. The minimum atomic E-state index is -0.388. The van der Waals surface area contributed by atoms with E-state index in [0.29, 0.717) is 23.4 Å². The Balaban J connectivity index is 2.09. The number of carbonyl (C=O) groups excluding carboxylic acids is 1. The summed E-state index contributed by atoms with van der Waals surface area (Å²) in [5, 5.41) is 0.498. The Morgan fingerprint density at radius 3 is 2.77 bits per heavy atom. The zero-order chi connectivity index (χ0) is 18.7. The number of hydrogen-bond donors (Lipinski definition) is 0. The summed E-state index contributed by atoms with van der Waals surface area (Å²) in [6.07, 6.45) is 1.38. The molecule has 0 bridgehead atoms. The van der Waals surface area contributed by atoms with Gasteiger partial charge in [0.15, 0.2) is 5.16 Å². The monoisotopic (exact) mass is 390 g/mol. The number of fused-ring (bicyclic) bond motifs is 1. The number of esters is 1. The van der Waals surface area contributed by atoms with Gasteiger partial charge in [-0.05, 0) is 25.5 Å². The molecule has 2 heterocycles. The van der Waals surface area contributed by atoms with Crippen LogP contribution >= 0.6 is 23.5 Å². The van der Waals surface area contributed by atoms with Crippen molar-refractivity contribution in [3.8, 4) is 5.69 Å². The number of thioether (sulfide) groups is 2. The van der Waals surface area contributed by atoms with Crippen molar-refractivity contribution in [2.75, 3.05) is 6.61 Å². The lowest BCUT2D eigenvalue weighted by Crippen LogP contribution is -2.26. The van der Waals surface area contributed by atoms with Crippen LogP contribution in [0.15, 0.2) is 45.2 Å². The van der Waals surface area contributed by atoms with E-state index >= 15 is 0 Å². The average molecular weight is 391 g/mol. The van der Waals surface area contributed by atoms with Crippen molar-refractivity contribution in [3.63, 3.8) is 0 Å². The van der Waals surface area contributed by atoms with Crippen molar-refractivity contribution in [2.45, 2.75) is 54.2 Å². The van der Waals surface area contributed by atoms with Crippen LogP contribution in [0.2, 0.25) is 0 Å². The number of ether oxygens (including phenoxy) is 1. The fourth-order valence-electron chi connectivity index (χ4n) is 2.84. The maximum atomic E-state index is 13.2. The molecule has 0 spiro atoms. The molecule has 1 aliphatic rings. The van der Waals surface area contributed by atoms with Gasteiger partial charge in [-0.1, -0.05) is 43.8 Å². The molecular weight excluding hydrogens is 368 g/mol. The largest absolute Gasteiger partial charge is 0.465 e. The third-order valence-electron chi connectivity index (χ3n) is 4.06. The first-order valence-electron chi connectivity index (χ1n) is 8.76. The van der Waals surface area contributed by atoms with Crippen molar-refractivity contribution in [3.05, 3.63) is 46.4 Å². The molecule has 0 N–H and O–H groups in total. The van der Waals surface area contributed by atoms with Crippen molar-refractivity contribution < 1.29 is 9.53 Å². The first-order chi connectivity index (χ1) is 12.5. The van der Waals surface area contributed by atoms with Crippen LogP contribution in [0, 0.1) is 0 Å². The number of benzene rings is 1. The average Bonchev–Trinajstić information content (AvgIpc) is 3.01. The van der Waals surface area contributed by atoms with Gasteiger partial charge in [0.1, 0.15) is 5.25 Å². The molecule has 1 aromatic carbocycles. The van der Waals surface area contributed by atoms with E-state index in [1.807, 2.05) is 37.3 Å². The summed E-state index contributed by atoms with van der Waals surface area (Å²) in [6, 6.07) is 9.46. The van der Waals surface area contributed by atoms with Crippen LogP contribution in [-0.2, 0) is 16.0 Å². The molecule has 0 saturated carbocycles. The highest BCUT2D eigenvalue weighted by atomic mass is 32.2. The van der Waals surface area contributed by atoms with Gasteiger partial charge < -0.3 is 4.74 Å². The third kappa shape index (κ3) is 3.83. The van der Waals surface area contributed by atoms with Gasteiger partial charge in [-0.3, -0.25) is 14.2 Å². The normalized spacial score (nSPS) is 17.0. The predicted molar refractivity (Wildman–Crippen MR) is 105 cm³/mol. The van der Waals surface area contributed by atoms with Crippen LogP contribution in [0.3, 0.4) is 0 Å². The summed E-state index contributed by atoms with van der Waals surface area (Å²) in [5.41, 5.74) is 1.53. The fourth-order valence-corrected chi connectivity index (χ4v) is 4.99. The van der Waals surface area contributed by atoms with E-state index in [2.05, 4.69) is 6.92 Å². The Kier molecular flexibility index (Phi) is 6.09. The molecule has 26 heavy (non-hydrogen) atoms. The van der Waals surface area contributed by atoms with E-state index < -0.39 is 0 Å². The second-order valence-corrected chi connectivity index (χ2v) is 8.66. The molecule has 3 rings (SSSR count). The smallest absolute Gasteiger partial charge is 0.319 e. The van der Waals surface area contributed by atoms with E-state index in [-0.39, 0.29) is 16.8 Å². The second-order valence-electron chi connectivity index (χ2n) is 6.05. The molecular formula is C19H22N2O3S2. The molecule has 138 valence electrons. The molecule has 0 fully saturated rings. The van der Waals surface area contributed by atoms with Crippen LogP contribution in [0.4, 0.5) is 0 Å². The predicted octanol–water partition coefficient (Wildman–Crippen LogP) is 3.70. The molecule has 0 saturated heterocycles. The second kappa shape index (κ2) is 8.31. The lowest BCUT2D eigenvalue weighted by molar-refractivity contribution is -0.142. The number of para-hydroxylation sites is 1. The van der Waals surface area contributed by atoms with E-state index in [0.717, 1.165) is 22.7 Å². The van der Waals surface area contributed by atoms with E-state index in [1.54, 1.807) is 23.3 Å². The molecule has 0 aliphatic carbocycles. The van der Waals surface area contributed by atoms with E-state index in [1.165, 1.54) is 11.8 Å². The van der Waals surface area contributed by atoms with Crippen molar-refractivity contribution in [1.82, 2.24) is 9.55 Å². The Bertz CT molecular complexity index is 852. The number of aromatic nitrogens is 2. The fraction of sp³-hybridized carbons (Fsp3) is 0.421. The van der Waals surface area contributed by atoms with Crippen LogP contribution < -0.4 is 5.56 Å². The highest BCUT2D eigenvalue weighted by Crippen LogP contribution is 2.36. The van der Waals surface area contributed by atoms with Gasteiger partial charge in [0.25, 0.3) is 5.56 Å². The zero-order valence-electron chi connectivity index (χ0n) is 15.1. The molecule has 5 nitrogen and oxygen atoms in total. The van der Waals surface area contributed by atoms with Gasteiger partial charge >= 0.3 is 5.97 Å². The molecule has 1 aromatic heterocycles. The highest BCUT2D eigenvalue weighted by molar-refractivity contribution is 8.00. The number of carbonyl (C=O) groups is 1. The van der Waals surface area contributed by atoms with Gasteiger partial charge in [-0.15, -0.1) is 11.8 Å². The molecule has 2 atom stereocenters. The Morgan fingerprint density at radius 2 is 2.12 bits per heavy atom. The standard InChI is InChI=1S/C19H22N2O3S2/c1-4-15(18(23)24-5-2)26-19-20-14-11-12(3)25-16(14)17(22)21(19)13-9-7-6-8-10-13/h6-10,12,15H,4-5,11H2,1-3H3. The van der Waals surface area contributed by atoms with Gasteiger partial charge in [0, 0.05) is 11.7 Å².